The first kappa shape index (κ1) is 24.3. The van der Waals surface area contributed by atoms with Gasteiger partial charge in [0.15, 0.2) is 5.96 Å². The van der Waals surface area contributed by atoms with Gasteiger partial charge in [-0.3, -0.25) is 4.99 Å². The molecule has 0 bridgehead atoms. The van der Waals surface area contributed by atoms with E-state index in [4.69, 9.17) is 26.1 Å². The minimum absolute atomic E-state index is 0. The number of aliphatic hydroxyl groups is 1. The number of hydrogen-bond acceptors (Lipinski definition) is 4. The second-order valence-electron chi connectivity index (χ2n) is 6.61. The van der Waals surface area contributed by atoms with Crippen LogP contribution < -0.4 is 15.4 Å². The molecule has 0 radical (unpaired) electrons. The lowest BCUT2D eigenvalue weighted by molar-refractivity contribution is 0.131. The van der Waals surface area contributed by atoms with E-state index in [1.54, 1.807) is 7.11 Å². The van der Waals surface area contributed by atoms with Gasteiger partial charge in [-0.1, -0.05) is 17.7 Å². The number of benzene rings is 1. The zero-order chi connectivity index (χ0) is 18.8. The summed E-state index contributed by atoms with van der Waals surface area (Å²) < 4.78 is 10.7. The third kappa shape index (κ3) is 7.63. The molecule has 1 unspecified atom stereocenters. The van der Waals surface area contributed by atoms with E-state index in [2.05, 4.69) is 10.6 Å². The molecule has 0 aromatic heterocycles. The minimum Gasteiger partial charge on any atom is -0.497 e. The highest BCUT2D eigenvalue weighted by atomic mass is 127. The van der Waals surface area contributed by atoms with E-state index in [-0.39, 0.29) is 36.0 Å². The molecule has 0 saturated carbocycles. The zero-order valence-corrected chi connectivity index (χ0v) is 19.2. The number of methoxy groups -OCH3 is 1. The Hall–Kier alpha value is -0.770. The standard InChI is InChI=1S/C19H30ClN3O3.HI/c1-3-21-18(23-13-19(7-10-24)8-11-26-14-19)22-9-6-15-4-5-16(25-2)12-17(15)20;/h4-5,12,24H,3,6-11,13-14H2,1-2H3,(H2,21,22,23);1H. The van der Waals surface area contributed by atoms with Crippen LogP contribution in [0, 0.1) is 5.41 Å². The van der Waals surface area contributed by atoms with Gasteiger partial charge in [0, 0.05) is 36.7 Å². The second-order valence-corrected chi connectivity index (χ2v) is 7.01. The van der Waals surface area contributed by atoms with Crippen molar-refractivity contribution in [2.24, 2.45) is 10.4 Å². The average Bonchev–Trinajstić information content (AvgIpc) is 3.10. The molecule has 1 atom stereocenters. The van der Waals surface area contributed by atoms with Crippen molar-refractivity contribution < 1.29 is 14.6 Å². The Kier molecular flexibility index (Phi) is 11.4. The summed E-state index contributed by atoms with van der Waals surface area (Å²) in [6.07, 6.45) is 2.45. The van der Waals surface area contributed by atoms with Crippen LogP contribution in [0.4, 0.5) is 0 Å². The SMILES string of the molecule is CCNC(=NCC1(CCO)CCOC1)NCCc1ccc(OC)cc1Cl.I. The van der Waals surface area contributed by atoms with E-state index in [0.717, 1.165) is 56.2 Å². The van der Waals surface area contributed by atoms with Crippen molar-refractivity contribution in [2.45, 2.75) is 26.2 Å². The average molecular weight is 512 g/mol. The second kappa shape index (κ2) is 12.6. The first-order valence-corrected chi connectivity index (χ1v) is 9.53. The summed E-state index contributed by atoms with van der Waals surface area (Å²) in [5, 5.41) is 16.7. The fraction of sp³-hybridized carbons (Fsp3) is 0.632. The van der Waals surface area contributed by atoms with Crippen molar-refractivity contribution in [1.29, 1.82) is 0 Å². The predicted octanol–water partition coefficient (Wildman–Crippen LogP) is 2.85. The van der Waals surface area contributed by atoms with E-state index in [0.29, 0.717) is 18.2 Å². The Bertz CT molecular complexity index is 596. The number of aliphatic imine (C=N–C) groups is 1. The number of ether oxygens (including phenoxy) is 2. The van der Waals surface area contributed by atoms with Gasteiger partial charge in [0.05, 0.1) is 20.3 Å². The molecule has 1 fully saturated rings. The van der Waals surface area contributed by atoms with Gasteiger partial charge in [-0.2, -0.15) is 0 Å². The Morgan fingerprint density at radius 3 is 2.81 bits per heavy atom. The molecule has 3 N–H and O–H groups in total. The van der Waals surface area contributed by atoms with Gasteiger partial charge in [-0.05, 0) is 43.9 Å². The van der Waals surface area contributed by atoms with Crippen LogP contribution in [-0.2, 0) is 11.2 Å². The highest BCUT2D eigenvalue weighted by Gasteiger charge is 2.34. The number of hydrogen-bond donors (Lipinski definition) is 3. The summed E-state index contributed by atoms with van der Waals surface area (Å²) in [7, 11) is 1.63. The first-order valence-electron chi connectivity index (χ1n) is 9.15. The molecule has 0 amide bonds. The lowest BCUT2D eigenvalue weighted by Crippen LogP contribution is -2.39. The molecule has 0 aliphatic carbocycles. The van der Waals surface area contributed by atoms with Crippen molar-refractivity contribution in [3.05, 3.63) is 28.8 Å². The fourth-order valence-electron chi connectivity index (χ4n) is 3.05. The van der Waals surface area contributed by atoms with E-state index >= 15 is 0 Å². The van der Waals surface area contributed by atoms with E-state index in [9.17, 15) is 5.11 Å². The van der Waals surface area contributed by atoms with E-state index < -0.39 is 0 Å². The summed E-state index contributed by atoms with van der Waals surface area (Å²) in [5.74, 6) is 1.54. The van der Waals surface area contributed by atoms with Gasteiger partial charge in [0.1, 0.15) is 5.75 Å². The van der Waals surface area contributed by atoms with Gasteiger partial charge in [0.2, 0.25) is 0 Å². The molecule has 27 heavy (non-hydrogen) atoms. The van der Waals surface area contributed by atoms with Crippen LogP contribution in [0.15, 0.2) is 23.2 Å². The smallest absolute Gasteiger partial charge is 0.191 e. The van der Waals surface area contributed by atoms with Gasteiger partial charge < -0.3 is 25.2 Å². The number of guanidine groups is 1. The lowest BCUT2D eigenvalue weighted by Gasteiger charge is -2.24. The zero-order valence-electron chi connectivity index (χ0n) is 16.1. The van der Waals surface area contributed by atoms with Crippen molar-refractivity contribution in [1.82, 2.24) is 10.6 Å². The van der Waals surface area contributed by atoms with Crippen molar-refractivity contribution in [2.75, 3.05) is 46.6 Å². The molecule has 6 nitrogen and oxygen atoms in total. The summed E-state index contributed by atoms with van der Waals surface area (Å²) in [6, 6.07) is 5.73. The molecule has 1 aromatic rings. The van der Waals surface area contributed by atoms with Crippen LogP contribution in [0.3, 0.4) is 0 Å². The molecule has 0 spiro atoms. The molecule has 1 saturated heterocycles. The first-order chi connectivity index (χ1) is 12.6. The summed E-state index contributed by atoms with van der Waals surface area (Å²) in [4.78, 5) is 4.72. The maximum absolute atomic E-state index is 9.33. The molecule has 154 valence electrons. The molecule has 1 heterocycles. The van der Waals surface area contributed by atoms with E-state index in [1.165, 1.54) is 0 Å². The Balaban J connectivity index is 0.00000364. The Morgan fingerprint density at radius 2 is 2.22 bits per heavy atom. The Morgan fingerprint density at radius 1 is 1.41 bits per heavy atom. The normalized spacial score (nSPS) is 19.5. The summed E-state index contributed by atoms with van der Waals surface area (Å²) in [5.41, 5.74) is 1.02. The van der Waals surface area contributed by atoms with Gasteiger partial charge in [-0.15, -0.1) is 24.0 Å². The highest BCUT2D eigenvalue weighted by molar-refractivity contribution is 14.0. The number of nitrogens with zero attached hydrogens (tertiary/aromatic N) is 1. The van der Waals surface area contributed by atoms with Gasteiger partial charge in [-0.25, -0.2) is 0 Å². The number of halogens is 2. The van der Waals surface area contributed by atoms with Crippen LogP contribution in [0.2, 0.25) is 5.02 Å². The van der Waals surface area contributed by atoms with Gasteiger partial charge in [0.25, 0.3) is 0 Å². The van der Waals surface area contributed by atoms with Crippen molar-refractivity contribution in [3.8, 4) is 5.75 Å². The molecule has 1 aliphatic heterocycles. The van der Waals surface area contributed by atoms with Crippen LogP contribution >= 0.6 is 35.6 Å². The predicted molar refractivity (Wildman–Crippen MR) is 121 cm³/mol. The maximum atomic E-state index is 9.33. The van der Waals surface area contributed by atoms with Crippen LogP contribution in [0.5, 0.6) is 5.75 Å². The highest BCUT2D eigenvalue weighted by Crippen LogP contribution is 2.32. The van der Waals surface area contributed by atoms with Gasteiger partial charge >= 0.3 is 0 Å². The maximum Gasteiger partial charge on any atom is 0.191 e. The van der Waals surface area contributed by atoms with Crippen LogP contribution in [0.25, 0.3) is 0 Å². The number of rotatable bonds is 9. The van der Waals surface area contributed by atoms with E-state index in [1.807, 2.05) is 25.1 Å². The largest absolute Gasteiger partial charge is 0.497 e. The minimum atomic E-state index is -0.0452. The topological polar surface area (TPSA) is 75.1 Å². The third-order valence-electron chi connectivity index (χ3n) is 4.69. The molecule has 8 heteroatoms. The van der Waals surface area contributed by atoms with Crippen molar-refractivity contribution in [3.63, 3.8) is 0 Å². The van der Waals surface area contributed by atoms with Crippen LogP contribution in [0.1, 0.15) is 25.3 Å². The summed E-state index contributed by atoms with van der Waals surface area (Å²) in [6.45, 7) is 5.78. The quantitative estimate of drug-likeness (QED) is 0.270. The lowest BCUT2D eigenvalue weighted by atomic mass is 9.84. The summed E-state index contributed by atoms with van der Waals surface area (Å²) >= 11 is 6.29. The molecule has 1 aliphatic rings. The number of aliphatic hydroxyl groups excluding tert-OH is 1. The van der Waals surface area contributed by atoms with Crippen molar-refractivity contribution >= 4 is 41.5 Å². The third-order valence-corrected chi connectivity index (χ3v) is 5.04. The monoisotopic (exact) mass is 511 g/mol. The molecule has 1 aromatic carbocycles. The number of nitrogens with one attached hydrogen (secondary N) is 2. The molecule has 2 rings (SSSR count). The Labute approximate surface area is 184 Å². The van der Waals surface area contributed by atoms with Crippen LogP contribution in [-0.4, -0.2) is 57.6 Å². The molecular formula is C19H31ClIN3O3. The molecular weight excluding hydrogens is 481 g/mol. The fourth-order valence-corrected chi connectivity index (χ4v) is 3.31.